The molecule has 1 atom stereocenters. The van der Waals surface area contributed by atoms with Crippen molar-refractivity contribution in [2.75, 3.05) is 12.4 Å². The van der Waals surface area contributed by atoms with Gasteiger partial charge in [0.25, 0.3) is 0 Å². The summed E-state index contributed by atoms with van der Waals surface area (Å²) < 4.78 is 10.1. The van der Waals surface area contributed by atoms with Crippen LogP contribution in [-0.4, -0.2) is 25.3 Å². The van der Waals surface area contributed by atoms with Crippen molar-refractivity contribution < 1.29 is 19.1 Å². The first kappa shape index (κ1) is 18.3. The van der Waals surface area contributed by atoms with Gasteiger partial charge in [0.2, 0.25) is 5.91 Å². The summed E-state index contributed by atoms with van der Waals surface area (Å²) in [5, 5.41) is 5.48. The molecule has 2 rings (SSSR count). The van der Waals surface area contributed by atoms with Crippen molar-refractivity contribution in [1.29, 1.82) is 0 Å². The molecule has 0 spiro atoms. The van der Waals surface area contributed by atoms with Gasteiger partial charge < -0.3 is 14.8 Å². The summed E-state index contributed by atoms with van der Waals surface area (Å²) in [7, 11) is 1.50. The number of methoxy groups -OCH3 is 1. The standard InChI is InChI=1S/C18H26N2O4/c1-13(23-3)19-17(22)24-15-9-7-14(8-10-15)20-16(21)18(2)11-5-4-6-12-18/h7-10,13H,4-6,11-12H2,1-3H3,(H,19,22)(H,20,21). The average molecular weight is 334 g/mol. The van der Waals surface area contributed by atoms with E-state index in [0.29, 0.717) is 11.4 Å². The molecule has 0 radical (unpaired) electrons. The van der Waals surface area contributed by atoms with Crippen molar-refractivity contribution in [3.05, 3.63) is 24.3 Å². The summed E-state index contributed by atoms with van der Waals surface area (Å²) in [6.45, 7) is 3.73. The van der Waals surface area contributed by atoms with Gasteiger partial charge in [0, 0.05) is 18.2 Å². The Kier molecular flexibility index (Phi) is 6.20. The molecule has 1 aromatic rings. The lowest BCUT2D eigenvalue weighted by Crippen LogP contribution is -2.36. The van der Waals surface area contributed by atoms with Gasteiger partial charge in [-0.3, -0.25) is 10.1 Å². The van der Waals surface area contributed by atoms with Gasteiger partial charge in [-0.05, 0) is 44.0 Å². The first-order valence-electron chi connectivity index (χ1n) is 8.35. The van der Waals surface area contributed by atoms with Crippen molar-refractivity contribution >= 4 is 17.7 Å². The Morgan fingerprint density at radius 1 is 1.12 bits per heavy atom. The molecule has 0 aromatic heterocycles. The number of benzene rings is 1. The lowest BCUT2D eigenvalue weighted by Gasteiger charge is -2.32. The van der Waals surface area contributed by atoms with Crippen molar-refractivity contribution in [3.8, 4) is 5.75 Å². The van der Waals surface area contributed by atoms with Gasteiger partial charge in [0.1, 0.15) is 12.0 Å². The van der Waals surface area contributed by atoms with E-state index in [1.165, 1.54) is 13.5 Å². The van der Waals surface area contributed by atoms with E-state index in [4.69, 9.17) is 9.47 Å². The SMILES string of the molecule is COC(C)NC(=O)Oc1ccc(NC(=O)C2(C)CCCCC2)cc1. The molecule has 24 heavy (non-hydrogen) atoms. The van der Waals surface area contributed by atoms with E-state index < -0.39 is 12.3 Å². The fraction of sp³-hybridized carbons (Fsp3) is 0.556. The molecule has 0 bridgehead atoms. The molecule has 6 nitrogen and oxygen atoms in total. The average Bonchev–Trinajstić information content (AvgIpc) is 2.57. The molecule has 6 heteroatoms. The van der Waals surface area contributed by atoms with E-state index in [0.717, 1.165) is 25.7 Å². The molecular formula is C18H26N2O4. The highest BCUT2D eigenvalue weighted by atomic mass is 16.6. The maximum absolute atomic E-state index is 12.5. The Balaban J connectivity index is 1.89. The Hall–Kier alpha value is -2.08. The number of hydrogen-bond donors (Lipinski definition) is 2. The van der Waals surface area contributed by atoms with Gasteiger partial charge in [-0.2, -0.15) is 0 Å². The van der Waals surface area contributed by atoms with Crippen LogP contribution in [0.2, 0.25) is 0 Å². The largest absolute Gasteiger partial charge is 0.414 e. The van der Waals surface area contributed by atoms with E-state index in [2.05, 4.69) is 10.6 Å². The third-order valence-corrected chi connectivity index (χ3v) is 4.50. The monoisotopic (exact) mass is 334 g/mol. The molecular weight excluding hydrogens is 308 g/mol. The Bertz CT molecular complexity index is 565. The van der Waals surface area contributed by atoms with Crippen LogP contribution in [0.15, 0.2) is 24.3 Å². The lowest BCUT2D eigenvalue weighted by atomic mass is 9.75. The summed E-state index contributed by atoms with van der Waals surface area (Å²) in [4.78, 5) is 24.1. The number of ether oxygens (including phenoxy) is 2. The normalized spacial score (nSPS) is 17.6. The van der Waals surface area contributed by atoms with Crippen LogP contribution < -0.4 is 15.4 Å². The minimum atomic E-state index is -0.587. The van der Waals surface area contributed by atoms with E-state index in [9.17, 15) is 9.59 Å². The quantitative estimate of drug-likeness (QED) is 0.805. The smallest absolute Gasteiger partial charge is 0.410 e. The highest BCUT2D eigenvalue weighted by Crippen LogP contribution is 2.36. The van der Waals surface area contributed by atoms with Gasteiger partial charge in [-0.1, -0.05) is 26.2 Å². The highest BCUT2D eigenvalue weighted by Gasteiger charge is 2.34. The summed E-state index contributed by atoms with van der Waals surface area (Å²) >= 11 is 0. The molecule has 132 valence electrons. The molecule has 2 N–H and O–H groups in total. The number of nitrogens with one attached hydrogen (secondary N) is 2. The van der Waals surface area contributed by atoms with Crippen LogP contribution in [0, 0.1) is 5.41 Å². The molecule has 1 saturated carbocycles. The summed E-state index contributed by atoms with van der Waals surface area (Å²) in [6, 6.07) is 6.75. The minimum Gasteiger partial charge on any atom is -0.410 e. The molecule has 1 aromatic carbocycles. The second-order valence-corrected chi connectivity index (χ2v) is 6.51. The Morgan fingerprint density at radius 2 is 1.75 bits per heavy atom. The van der Waals surface area contributed by atoms with Crippen LogP contribution >= 0.6 is 0 Å². The van der Waals surface area contributed by atoms with Crippen LogP contribution in [0.3, 0.4) is 0 Å². The second kappa shape index (κ2) is 8.15. The fourth-order valence-corrected chi connectivity index (χ4v) is 2.81. The van der Waals surface area contributed by atoms with Crippen LogP contribution in [0.25, 0.3) is 0 Å². The third-order valence-electron chi connectivity index (χ3n) is 4.50. The molecule has 1 unspecified atom stereocenters. The van der Waals surface area contributed by atoms with Gasteiger partial charge >= 0.3 is 6.09 Å². The van der Waals surface area contributed by atoms with E-state index in [-0.39, 0.29) is 11.3 Å². The maximum atomic E-state index is 12.5. The van der Waals surface area contributed by atoms with E-state index in [1.54, 1.807) is 31.2 Å². The number of rotatable bonds is 5. The zero-order valence-corrected chi connectivity index (χ0v) is 14.6. The lowest BCUT2D eigenvalue weighted by molar-refractivity contribution is -0.126. The second-order valence-electron chi connectivity index (χ2n) is 6.51. The first-order chi connectivity index (χ1) is 11.4. The predicted octanol–water partition coefficient (Wildman–Crippen LogP) is 3.68. The molecule has 1 aliphatic carbocycles. The first-order valence-corrected chi connectivity index (χ1v) is 8.35. The summed E-state index contributed by atoms with van der Waals surface area (Å²) in [5.74, 6) is 0.459. The van der Waals surface area contributed by atoms with Crippen molar-refractivity contribution in [2.24, 2.45) is 5.41 Å². The summed E-state index contributed by atoms with van der Waals surface area (Å²) in [6.07, 6.45) is 4.26. The van der Waals surface area contributed by atoms with Crippen molar-refractivity contribution in [3.63, 3.8) is 0 Å². The number of carbonyl (C=O) groups is 2. The number of anilines is 1. The number of amides is 2. The van der Waals surface area contributed by atoms with Gasteiger partial charge in [0.15, 0.2) is 0 Å². The highest BCUT2D eigenvalue weighted by molar-refractivity contribution is 5.95. The van der Waals surface area contributed by atoms with Crippen molar-refractivity contribution in [2.45, 2.75) is 52.2 Å². The molecule has 1 aliphatic rings. The van der Waals surface area contributed by atoms with E-state index in [1.807, 2.05) is 6.92 Å². The number of hydrogen-bond acceptors (Lipinski definition) is 4. The number of carbonyl (C=O) groups excluding carboxylic acids is 2. The van der Waals surface area contributed by atoms with Crippen LogP contribution in [0.5, 0.6) is 5.75 Å². The zero-order chi connectivity index (χ0) is 17.6. The van der Waals surface area contributed by atoms with Gasteiger partial charge in [0.05, 0.1) is 0 Å². The summed E-state index contributed by atoms with van der Waals surface area (Å²) in [5.41, 5.74) is 0.411. The topological polar surface area (TPSA) is 76.7 Å². The minimum absolute atomic E-state index is 0.0579. The zero-order valence-electron chi connectivity index (χ0n) is 14.6. The predicted molar refractivity (Wildman–Crippen MR) is 91.9 cm³/mol. The Labute approximate surface area is 142 Å². The van der Waals surface area contributed by atoms with E-state index >= 15 is 0 Å². The molecule has 0 saturated heterocycles. The van der Waals surface area contributed by atoms with Gasteiger partial charge in [-0.25, -0.2) is 4.79 Å². The van der Waals surface area contributed by atoms with Crippen molar-refractivity contribution in [1.82, 2.24) is 5.32 Å². The van der Waals surface area contributed by atoms with Gasteiger partial charge in [-0.15, -0.1) is 0 Å². The Morgan fingerprint density at radius 3 is 2.33 bits per heavy atom. The molecule has 1 fully saturated rings. The van der Waals surface area contributed by atoms with Crippen LogP contribution in [0.1, 0.15) is 46.0 Å². The molecule has 0 aliphatic heterocycles. The van der Waals surface area contributed by atoms with Crippen LogP contribution in [-0.2, 0) is 9.53 Å². The maximum Gasteiger partial charge on any atom is 0.414 e. The molecule has 0 heterocycles. The molecule has 2 amide bonds. The van der Waals surface area contributed by atoms with Crippen LogP contribution in [0.4, 0.5) is 10.5 Å². The third kappa shape index (κ3) is 4.96. The fourth-order valence-electron chi connectivity index (χ4n) is 2.81.